The van der Waals surface area contributed by atoms with Crippen LogP contribution in [-0.4, -0.2) is 91.6 Å². The van der Waals surface area contributed by atoms with Crippen molar-refractivity contribution >= 4 is 47.9 Å². The largest absolute Gasteiger partial charge is 0.468 e. The van der Waals surface area contributed by atoms with Crippen LogP contribution in [0.25, 0.3) is 32.9 Å². The number of hydrogen-bond donors (Lipinski definition) is 0. The number of piperazine rings is 1. The number of nitrogens with zero attached hydrogens (tertiary/aromatic N) is 5. The summed E-state index contributed by atoms with van der Waals surface area (Å²) >= 11 is 0. The van der Waals surface area contributed by atoms with E-state index in [4.69, 9.17) is 28.9 Å². The van der Waals surface area contributed by atoms with Gasteiger partial charge in [-0.2, -0.15) is 9.97 Å². The molecule has 0 spiro atoms. The van der Waals surface area contributed by atoms with E-state index in [2.05, 4.69) is 62.9 Å². The molecule has 11 nitrogen and oxygen atoms in total. The topological polar surface area (TPSA) is 116 Å². The first kappa shape index (κ1) is 42.3. The second-order valence-corrected chi connectivity index (χ2v) is 24.1. The molecule has 3 fully saturated rings. The summed E-state index contributed by atoms with van der Waals surface area (Å²) in [5.41, 5.74) is 5.35. The summed E-state index contributed by atoms with van der Waals surface area (Å²) in [4.78, 5) is 43.5. The normalized spacial score (nSPS) is 18.7. The molecule has 0 radical (unpaired) electrons. The van der Waals surface area contributed by atoms with E-state index in [9.17, 15) is 9.59 Å². The van der Waals surface area contributed by atoms with Crippen molar-refractivity contribution in [1.29, 1.82) is 0 Å². The third-order valence-corrected chi connectivity index (χ3v) is 18.8. The van der Waals surface area contributed by atoms with E-state index in [1.165, 1.54) is 0 Å². The number of aromatic nitrogens is 3. The van der Waals surface area contributed by atoms with Gasteiger partial charge >= 0.3 is 12.1 Å². The van der Waals surface area contributed by atoms with Crippen LogP contribution in [0.5, 0.6) is 11.8 Å². The highest BCUT2D eigenvalue weighted by atomic mass is 28.3. The molecule has 3 aliphatic rings. The molecule has 2 atom stereocenters. The number of fused-ring (bicyclic) bond motifs is 4. The predicted molar refractivity (Wildman–Crippen MR) is 231 cm³/mol. The van der Waals surface area contributed by atoms with Gasteiger partial charge in [0.15, 0.2) is 12.6 Å². The third-order valence-electron chi connectivity index (χ3n) is 12.5. The van der Waals surface area contributed by atoms with Crippen LogP contribution in [0.15, 0.2) is 36.5 Å². The fraction of sp³-hybridized carbons (Fsp3) is 0.543. The lowest BCUT2D eigenvalue weighted by Gasteiger charge is -2.42. The average molecular weight is 824 g/mol. The molecule has 2 unspecified atom stereocenters. The van der Waals surface area contributed by atoms with Crippen LogP contribution in [0, 0.1) is 22.7 Å². The summed E-state index contributed by atoms with van der Waals surface area (Å²) in [7, 11) is -0.574. The molecule has 2 saturated heterocycles. The van der Waals surface area contributed by atoms with Crippen molar-refractivity contribution in [3.8, 4) is 34.5 Å². The Balaban J connectivity index is 1.38. The maximum absolute atomic E-state index is 17.6. The van der Waals surface area contributed by atoms with Gasteiger partial charge in [0.1, 0.15) is 49.3 Å². The zero-order valence-corrected chi connectivity index (χ0v) is 37.1. The van der Waals surface area contributed by atoms with Crippen molar-refractivity contribution in [2.24, 2.45) is 5.41 Å². The lowest BCUT2D eigenvalue weighted by Crippen LogP contribution is -2.57. The van der Waals surface area contributed by atoms with E-state index in [1.54, 1.807) is 19.4 Å². The molecule has 314 valence electrons. The van der Waals surface area contributed by atoms with Gasteiger partial charge in [0.25, 0.3) is 0 Å². The summed E-state index contributed by atoms with van der Waals surface area (Å²) in [6.45, 7) is 20.3. The number of pyridine rings is 1. The number of halogens is 1. The maximum Gasteiger partial charge on any atom is 0.410 e. The Kier molecular flexibility index (Phi) is 11.7. The third kappa shape index (κ3) is 8.23. The molecule has 1 saturated carbocycles. The Hall–Kier alpha value is -4.80. The zero-order valence-electron chi connectivity index (χ0n) is 36.1. The van der Waals surface area contributed by atoms with Crippen LogP contribution in [0.2, 0.25) is 16.6 Å². The molecular weight excluding hydrogens is 766 g/mol. The lowest BCUT2D eigenvalue weighted by atomic mass is 9.96. The van der Waals surface area contributed by atoms with E-state index < -0.39 is 24.9 Å². The van der Waals surface area contributed by atoms with Crippen LogP contribution in [0.1, 0.15) is 93.6 Å². The number of carbonyl (C=O) groups is 2. The van der Waals surface area contributed by atoms with Crippen molar-refractivity contribution in [1.82, 2.24) is 19.9 Å². The second-order valence-electron chi connectivity index (χ2n) is 18.5. The highest BCUT2D eigenvalue weighted by molar-refractivity contribution is 6.90. The standard InChI is InChI=1S/C46H58FN5O6Si/c1-28(2)59(29(3)4,30(5)6)19-16-31-12-11-13-32-20-35(57-27-55-10)21-36(38(31)32)40-39(47)41-37(22-48-40)42(50-43(49-41)56-26-46(25-53)17-18-46)51-23-33-14-15-34(24-51)52(33)44(54)58-45(7,8)9/h11-13,20-22,25,28-30,33-34H,14-15,17-18,23-24,26-27H2,1-10H3. The molecule has 2 aromatic heterocycles. The monoisotopic (exact) mass is 823 g/mol. The minimum absolute atomic E-state index is 0.00605. The number of carbonyl (C=O) groups excluding carboxylic acids is 2. The molecular formula is C46H58FN5O6Si. The fourth-order valence-corrected chi connectivity index (χ4v) is 14.6. The van der Waals surface area contributed by atoms with Gasteiger partial charge in [0.05, 0.1) is 22.9 Å². The van der Waals surface area contributed by atoms with Crippen LogP contribution >= 0.6 is 0 Å². The first-order chi connectivity index (χ1) is 28.0. The summed E-state index contributed by atoms with van der Waals surface area (Å²) in [5, 5.41) is 2.00. The summed E-state index contributed by atoms with van der Waals surface area (Å²) in [6.07, 6.45) is 5.25. The molecule has 0 N–H and O–H groups in total. The van der Waals surface area contributed by atoms with Crippen molar-refractivity contribution in [3.05, 3.63) is 47.9 Å². The number of methoxy groups -OCH3 is 1. The summed E-state index contributed by atoms with van der Waals surface area (Å²) in [5.74, 6) is 3.93. The van der Waals surface area contributed by atoms with Gasteiger partial charge in [-0.3, -0.25) is 9.88 Å². The van der Waals surface area contributed by atoms with Crippen molar-refractivity contribution in [2.75, 3.05) is 38.5 Å². The molecule has 4 heterocycles. The lowest BCUT2D eigenvalue weighted by molar-refractivity contribution is -0.113. The Morgan fingerprint density at radius 1 is 1.02 bits per heavy atom. The number of ether oxygens (including phenoxy) is 4. The van der Waals surface area contributed by atoms with Crippen LogP contribution in [0.3, 0.4) is 0 Å². The highest BCUT2D eigenvalue weighted by Gasteiger charge is 2.46. The number of anilines is 1. The number of amides is 1. The van der Waals surface area contributed by atoms with Gasteiger partial charge in [-0.25, -0.2) is 9.18 Å². The van der Waals surface area contributed by atoms with Crippen molar-refractivity contribution < 1.29 is 32.9 Å². The molecule has 4 aromatic rings. The van der Waals surface area contributed by atoms with Gasteiger partial charge < -0.3 is 28.6 Å². The van der Waals surface area contributed by atoms with Crippen LogP contribution in [0.4, 0.5) is 15.0 Å². The molecule has 7 rings (SSSR count). The molecule has 2 bridgehead atoms. The molecule has 2 aromatic carbocycles. The van der Waals surface area contributed by atoms with Crippen LogP contribution in [-0.2, 0) is 14.3 Å². The molecule has 1 amide bonds. The molecule has 13 heteroatoms. The summed E-state index contributed by atoms with van der Waals surface area (Å²) < 4.78 is 40.7. The number of rotatable bonds is 12. The number of benzene rings is 2. The minimum Gasteiger partial charge on any atom is -0.468 e. The fourth-order valence-electron chi connectivity index (χ4n) is 9.38. The summed E-state index contributed by atoms with van der Waals surface area (Å²) in [6, 6.07) is 9.37. The van der Waals surface area contributed by atoms with E-state index in [1.807, 2.05) is 49.9 Å². The number of aldehydes is 1. The van der Waals surface area contributed by atoms with Gasteiger partial charge in [0.2, 0.25) is 0 Å². The number of hydrogen-bond acceptors (Lipinski definition) is 10. The van der Waals surface area contributed by atoms with E-state index >= 15 is 4.39 Å². The van der Waals surface area contributed by atoms with Crippen LogP contribution < -0.4 is 14.4 Å². The smallest absolute Gasteiger partial charge is 0.410 e. The SMILES string of the molecule is COCOc1cc(-c2ncc3c(N4CC5CCC(C4)N5C(=O)OC(C)(C)C)nc(OCC4(C=O)CC4)nc3c2F)c2c(C#C[Si](C(C)C)(C(C)C)C(C)C)cccc2c1. The highest BCUT2D eigenvalue weighted by Crippen LogP contribution is 2.45. The minimum atomic E-state index is -2.12. The molecule has 59 heavy (non-hydrogen) atoms. The Labute approximate surface area is 348 Å². The zero-order chi connectivity index (χ0) is 42.4. The quantitative estimate of drug-likeness (QED) is 0.0592. The second kappa shape index (κ2) is 16.3. The van der Waals surface area contributed by atoms with Gasteiger partial charge in [-0.1, -0.05) is 59.6 Å². The van der Waals surface area contributed by atoms with Gasteiger partial charge in [-0.05, 0) is 86.7 Å². The van der Waals surface area contributed by atoms with Crippen molar-refractivity contribution in [2.45, 2.75) is 122 Å². The van der Waals surface area contributed by atoms with Gasteiger partial charge in [0, 0.05) is 42.9 Å². The Bertz CT molecular complexity index is 2280. The maximum atomic E-state index is 17.6. The predicted octanol–water partition coefficient (Wildman–Crippen LogP) is 9.48. The Morgan fingerprint density at radius 3 is 2.29 bits per heavy atom. The van der Waals surface area contributed by atoms with Gasteiger partial charge in [-0.15, -0.1) is 5.54 Å². The molecule has 2 aliphatic heterocycles. The first-order valence-corrected chi connectivity index (χ1v) is 23.2. The molecule has 1 aliphatic carbocycles. The van der Waals surface area contributed by atoms with E-state index in [0.29, 0.717) is 65.1 Å². The van der Waals surface area contributed by atoms with E-state index in [-0.39, 0.29) is 48.8 Å². The first-order valence-electron chi connectivity index (χ1n) is 20.9. The van der Waals surface area contributed by atoms with E-state index in [0.717, 1.165) is 35.5 Å². The Morgan fingerprint density at radius 2 is 1.69 bits per heavy atom. The van der Waals surface area contributed by atoms with Crippen molar-refractivity contribution in [3.63, 3.8) is 0 Å². The average Bonchev–Trinajstić information content (AvgIpc) is 3.91.